The quantitative estimate of drug-likeness (QED) is 0.292. The van der Waals surface area contributed by atoms with E-state index in [1.54, 1.807) is 41.1 Å². The van der Waals surface area contributed by atoms with Crippen molar-refractivity contribution in [3.8, 4) is 11.4 Å². The van der Waals surface area contributed by atoms with Gasteiger partial charge in [-0.05, 0) is 55.1 Å². The van der Waals surface area contributed by atoms with E-state index in [9.17, 15) is 19.7 Å². The molecule has 0 spiro atoms. The Morgan fingerprint density at radius 1 is 1.09 bits per heavy atom. The smallest absolute Gasteiger partial charge is 0.293 e. The number of nitro groups is 1. The molecule has 9 heteroatoms. The molecule has 0 atom stereocenters. The van der Waals surface area contributed by atoms with Gasteiger partial charge in [0.15, 0.2) is 0 Å². The first kappa shape index (κ1) is 21.4. The first-order valence-corrected chi connectivity index (χ1v) is 10.6. The molecule has 1 aliphatic rings. The van der Waals surface area contributed by atoms with Crippen LogP contribution in [0, 0.1) is 17.0 Å². The molecule has 0 bridgehead atoms. The van der Waals surface area contributed by atoms with E-state index in [2.05, 4.69) is 0 Å². The third-order valence-corrected chi connectivity index (χ3v) is 5.76. The van der Waals surface area contributed by atoms with Crippen LogP contribution in [0.4, 0.5) is 10.5 Å². The molecule has 1 fully saturated rings. The predicted molar refractivity (Wildman–Crippen MR) is 122 cm³/mol. The van der Waals surface area contributed by atoms with E-state index in [4.69, 9.17) is 4.74 Å². The van der Waals surface area contributed by atoms with Gasteiger partial charge < -0.3 is 9.30 Å². The largest absolute Gasteiger partial charge is 0.492 e. The standard InChI is InChI=1S/C23H19N3O5S/c1-16-7-9-20(10-8-16)31-13-12-25-22(27)21(32-23(25)28)15-18-6-3-11-24(18)17-4-2-5-19(14-17)26(29)30/h2-11,14-15H,12-13H2,1H3/b21-15-. The fourth-order valence-corrected chi connectivity index (χ4v) is 4.07. The molecular weight excluding hydrogens is 430 g/mol. The summed E-state index contributed by atoms with van der Waals surface area (Å²) in [6.45, 7) is 2.31. The second-order valence-electron chi connectivity index (χ2n) is 7.07. The van der Waals surface area contributed by atoms with Crippen LogP contribution in [0.15, 0.2) is 71.8 Å². The summed E-state index contributed by atoms with van der Waals surface area (Å²) in [7, 11) is 0. The van der Waals surface area contributed by atoms with Crippen LogP contribution in [0.25, 0.3) is 11.8 Å². The van der Waals surface area contributed by atoms with Crippen molar-refractivity contribution in [2.45, 2.75) is 6.92 Å². The van der Waals surface area contributed by atoms with Crippen LogP contribution in [0.5, 0.6) is 5.75 Å². The Bertz CT molecular complexity index is 1220. The van der Waals surface area contributed by atoms with E-state index in [0.29, 0.717) is 17.1 Å². The van der Waals surface area contributed by atoms with Gasteiger partial charge in [0.05, 0.1) is 22.1 Å². The number of thioether (sulfide) groups is 1. The summed E-state index contributed by atoms with van der Waals surface area (Å²) in [5.74, 6) is 0.284. The third kappa shape index (κ3) is 4.57. The molecule has 1 aromatic heterocycles. The normalized spacial score (nSPS) is 14.9. The van der Waals surface area contributed by atoms with Gasteiger partial charge in [0.2, 0.25) is 0 Å². The van der Waals surface area contributed by atoms with Crippen molar-refractivity contribution in [3.63, 3.8) is 0 Å². The molecule has 0 unspecified atom stereocenters. The zero-order chi connectivity index (χ0) is 22.7. The van der Waals surface area contributed by atoms with Crippen LogP contribution in [-0.2, 0) is 4.79 Å². The summed E-state index contributed by atoms with van der Waals surface area (Å²) in [4.78, 5) is 37.2. The van der Waals surface area contributed by atoms with Crippen LogP contribution in [0.3, 0.4) is 0 Å². The molecule has 1 aliphatic heterocycles. The molecule has 8 nitrogen and oxygen atoms in total. The Morgan fingerprint density at radius 3 is 2.62 bits per heavy atom. The topological polar surface area (TPSA) is 94.7 Å². The van der Waals surface area contributed by atoms with Crippen molar-refractivity contribution in [1.82, 2.24) is 9.47 Å². The Labute approximate surface area is 188 Å². The van der Waals surface area contributed by atoms with Crippen molar-refractivity contribution in [2.75, 3.05) is 13.2 Å². The number of non-ortho nitro benzene ring substituents is 1. The van der Waals surface area contributed by atoms with Gasteiger partial charge in [-0.2, -0.15) is 0 Å². The number of imide groups is 1. The Hall–Kier alpha value is -3.85. The highest BCUT2D eigenvalue weighted by atomic mass is 32.2. The van der Waals surface area contributed by atoms with Gasteiger partial charge in [-0.1, -0.05) is 23.8 Å². The summed E-state index contributed by atoms with van der Waals surface area (Å²) in [6, 6.07) is 17.3. The second-order valence-corrected chi connectivity index (χ2v) is 8.07. The van der Waals surface area contributed by atoms with Gasteiger partial charge in [0.1, 0.15) is 12.4 Å². The van der Waals surface area contributed by atoms with Crippen LogP contribution in [0.2, 0.25) is 0 Å². The zero-order valence-corrected chi connectivity index (χ0v) is 18.0. The summed E-state index contributed by atoms with van der Waals surface area (Å²) < 4.78 is 7.36. The molecule has 0 N–H and O–H groups in total. The maximum Gasteiger partial charge on any atom is 0.293 e. The summed E-state index contributed by atoms with van der Waals surface area (Å²) >= 11 is 0.862. The minimum atomic E-state index is -0.462. The molecule has 4 rings (SSSR count). The number of hydrogen-bond acceptors (Lipinski definition) is 6. The number of carbonyl (C=O) groups is 2. The van der Waals surface area contributed by atoms with Gasteiger partial charge in [0.25, 0.3) is 16.8 Å². The number of hydrogen-bond donors (Lipinski definition) is 0. The zero-order valence-electron chi connectivity index (χ0n) is 17.1. The molecule has 162 valence electrons. The van der Waals surface area contributed by atoms with Crippen LogP contribution >= 0.6 is 11.8 Å². The molecule has 0 radical (unpaired) electrons. The third-order valence-electron chi connectivity index (χ3n) is 4.86. The summed E-state index contributed by atoms with van der Waals surface area (Å²) in [5.41, 5.74) is 2.30. The lowest BCUT2D eigenvalue weighted by atomic mass is 10.2. The van der Waals surface area contributed by atoms with Crippen molar-refractivity contribution in [1.29, 1.82) is 0 Å². The average Bonchev–Trinajstić information content (AvgIpc) is 3.35. The second kappa shape index (κ2) is 9.11. The number of aromatic nitrogens is 1. The van der Waals surface area contributed by atoms with Crippen LogP contribution in [-0.4, -0.2) is 38.7 Å². The highest BCUT2D eigenvalue weighted by Crippen LogP contribution is 2.32. The highest BCUT2D eigenvalue weighted by molar-refractivity contribution is 8.18. The number of carbonyl (C=O) groups excluding carboxylic acids is 2. The molecule has 32 heavy (non-hydrogen) atoms. The summed E-state index contributed by atoms with van der Waals surface area (Å²) in [5, 5.41) is 10.7. The first-order chi connectivity index (χ1) is 15.4. The molecular formula is C23H19N3O5S. The van der Waals surface area contributed by atoms with E-state index in [-0.39, 0.29) is 34.9 Å². The maximum absolute atomic E-state index is 12.8. The lowest BCUT2D eigenvalue weighted by Crippen LogP contribution is -2.32. The van der Waals surface area contributed by atoms with Gasteiger partial charge in [-0.3, -0.25) is 24.6 Å². The molecule has 2 aromatic carbocycles. The van der Waals surface area contributed by atoms with Crippen molar-refractivity contribution in [3.05, 3.63) is 93.1 Å². The molecule has 2 heterocycles. The van der Waals surface area contributed by atoms with Gasteiger partial charge in [0, 0.05) is 24.0 Å². The first-order valence-electron chi connectivity index (χ1n) is 9.79. The Morgan fingerprint density at radius 2 is 1.88 bits per heavy atom. The van der Waals surface area contributed by atoms with Gasteiger partial charge in [-0.25, -0.2) is 0 Å². The van der Waals surface area contributed by atoms with E-state index >= 15 is 0 Å². The monoisotopic (exact) mass is 449 g/mol. The van der Waals surface area contributed by atoms with Crippen LogP contribution in [0.1, 0.15) is 11.3 Å². The minimum Gasteiger partial charge on any atom is -0.492 e. The number of ether oxygens (including phenoxy) is 1. The molecule has 0 saturated carbocycles. The van der Waals surface area contributed by atoms with E-state index in [1.807, 2.05) is 31.2 Å². The van der Waals surface area contributed by atoms with Crippen molar-refractivity contribution in [2.24, 2.45) is 0 Å². The van der Waals surface area contributed by atoms with Crippen LogP contribution < -0.4 is 4.74 Å². The Kier molecular flexibility index (Phi) is 6.09. The number of aryl methyl sites for hydroxylation is 1. The minimum absolute atomic E-state index is 0.0314. The fourth-order valence-electron chi connectivity index (χ4n) is 3.22. The number of nitrogens with zero attached hydrogens (tertiary/aromatic N) is 3. The molecule has 0 aliphatic carbocycles. The van der Waals surface area contributed by atoms with E-state index in [1.165, 1.54) is 12.1 Å². The molecule has 3 aromatic rings. The number of rotatable bonds is 7. The lowest BCUT2D eigenvalue weighted by Gasteiger charge is -2.13. The predicted octanol–water partition coefficient (Wildman–Crippen LogP) is 4.81. The van der Waals surface area contributed by atoms with E-state index in [0.717, 1.165) is 22.2 Å². The lowest BCUT2D eigenvalue weighted by molar-refractivity contribution is -0.384. The number of benzene rings is 2. The summed E-state index contributed by atoms with van der Waals surface area (Å²) in [6.07, 6.45) is 3.36. The molecule has 2 amide bonds. The highest BCUT2D eigenvalue weighted by Gasteiger charge is 2.35. The maximum atomic E-state index is 12.8. The van der Waals surface area contributed by atoms with Crippen molar-refractivity contribution < 1.29 is 19.2 Å². The molecule has 1 saturated heterocycles. The van der Waals surface area contributed by atoms with Gasteiger partial charge >= 0.3 is 0 Å². The van der Waals surface area contributed by atoms with E-state index < -0.39 is 4.92 Å². The number of nitro benzene ring substituents is 1. The van der Waals surface area contributed by atoms with Crippen molar-refractivity contribution >= 4 is 34.7 Å². The average molecular weight is 449 g/mol. The Balaban J connectivity index is 1.48. The fraction of sp³-hybridized carbons (Fsp3) is 0.130. The number of amides is 2. The van der Waals surface area contributed by atoms with Gasteiger partial charge in [-0.15, -0.1) is 0 Å². The SMILES string of the molecule is Cc1ccc(OCCN2C(=O)S/C(=C\c3cccn3-c3cccc([N+](=O)[O-])c3)C2=O)cc1.